The highest BCUT2D eigenvalue weighted by atomic mass is 32.2. The molecule has 2 aromatic carbocycles. The van der Waals surface area contributed by atoms with E-state index in [0.717, 1.165) is 11.1 Å². The van der Waals surface area contributed by atoms with Crippen molar-refractivity contribution in [1.82, 2.24) is 20.4 Å². The summed E-state index contributed by atoms with van der Waals surface area (Å²) < 4.78 is 11.4. The SMILES string of the molecule is Cc1ccc(-c2nnc(SCc3nnc(-c4ccccc4)o3)o2)cc1C. The number of hydrogen-bond donors (Lipinski definition) is 0. The molecule has 2 aromatic heterocycles. The fourth-order valence-corrected chi connectivity index (χ4v) is 2.99. The van der Waals surface area contributed by atoms with Crippen LogP contribution in [-0.4, -0.2) is 20.4 Å². The van der Waals surface area contributed by atoms with Crippen LogP contribution in [0.25, 0.3) is 22.9 Å². The first-order valence-corrected chi connectivity index (χ1v) is 9.09. The second-order valence-electron chi connectivity index (χ2n) is 5.83. The van der Waals surface area contributed by atoms with Crippen LogP contribution in [0.1, 0.15) is 17.0 Å². The predicted octanol–water partition coefficient (Wildman–Crippen LogP) is 4.70. The number of benzene rings is 2. The summed E-state index contributed by atoms with van der Waals surface area (Å²) in [6.45, 7) is 4.13. The molecule has 0 N–H and O–H groups in total. The van der Waals surface area contributed by atoms with Gasteiger partial charge >= 0.3 is 0 Å². The van der Waals surface area contributed by atoms with E-state index in [2.05, 4.69) is 34.2 Å². The summed E-state index contributed by atoms with van der Waals surface area (Å²) in [5.74, 6) is 1.99. The van der Waals surface area contributed by atoms with Gasteiger partial charge < -0.3 is 8.83 Å². The quantitative estimate of drug-likeness (QED) is 0.475. The summed E-state index contributed by atoms with van der Waals surface area (Å²) in [6.07, 6.45) is 0. The zero-order chi connectivity index (χ0) is 17.9. The van der Waals surface area contributed by atoms with E-state index in [9.17, 15) is 0 Å². The smallest absolute Gasteiger partial charge is 0.277 e. The Kier molecular flexibility index (Phi) is 4.53. The molecule has 0 aliphatic rings. The molecule has 0 aliphatic carbocycles. The number of aromatic nitrogens is 4. The molecule has 0 unspecified atom stereocenters. The lowest BCUT2D eigenvalue weighted by Gasteiger charge is -2.00. The van der Waals surface area contributed by atoms with Crippen molar-refractivity contribution < 1.29 is 8.83 Å². The normalized spacial score (nSPS) is 11.0. The van der Waals surface area contributed by atoms with E-state index in [4.69, 9.17) is 8.83 Å². The van der Waals surface area contributed by atoms with Crippen LogP contribution in [0.5, 0.6) is 0 Å². The average molecular weight is 364 g/mol. The van der Waals surface area contributed by atoms with E-state index in [1.54, 1.807) is 0 Å². The number of hydrogen-bond acceptors (Lipinski definition) is 7. The highest BCUT2D eigenvalue weighted by Crippen LogP contribution is 2.27. The van der Waals surface area contributed by atoms with Gasteiger partial charge in [0.05, 0.1) is 5.75 Å². The first-order valence-electron chi connectivity index (χ1n) is 8.11. The van der Waals surface area contributed by atoms with Crippen LogP contribution in [0, 0.1) is 13.8 Å². The Morgan fingerprint density at radius 1 is 0.769 bits per heavy atom. The van der Waals surface area contributed by atoms with Crippen LogP contribution >= 0.6 is 11.8 Å². The van der Waals surface area contributed by atoms with Gasteiger partial charge in [0, 0.05) is 11.1 Å². The van der Waals surface area contributed by atoms with E-state index in [1.807, 2.05) is 48.5 Å². The molecule has 0 aliphatic heterocycles. The maximum absolute atomic E-state index is 5.73. The lowest BCUT2D eigenvalue weighted by atomic mass is 10.1. The second-order valence-corrected chi connectivity index (χ2v) is 6.75. The summed E-state index contributed by atoms with van der Waals surface area (Å²) in [5.41, 5.74) is 4.23. The number of thioether (sulfide) groups is 1. The van der Waals surface area contributed by atoms with Crippen molar-refractivity contribution in [3.05, 3.63) is 65.5 Å². The van der Waals surface area contributed by atoms with Crippen LogP contribution in [0.4, 0.5) is 0 Å². The van der Waals surface area contributed by atoms with Crippen molar-refractivity contribution in [2.75, 3.05) is 0 Å². The summed E-state index contributed by atoms with van der Waals surface area (Å²) in [6, 6.07) is 15.7. The van der Waals surface area contributed by atoms with Gasteiger partial charge in [0.15, 0.2) is 0 Å². The molecule has 4 rings (SSSR count). The Labute approximate surface area is 154 Å². The molecule has 0 saturated carbocycles. The third-order valence-electron chi connectivity index (χ3n) is 3.97. The zero-order valence-electron chi connectivity index (χ0n) is 14.3. The van der Waals surface area contributed by atoms with E-state index in [1.165, 1.54) is 22.9 Å². The van der Waals surface area contributed by atoms with Crippen LogP contribution in [0.2, 0.25) is 0 Å². The maximum atomic E-state index is 5.73. The molecule has 7 heteroatoms. The van der Waals surface area contributed by atoms with Crippen LogP contribution in [0.3, 0.4) is 0 Å². The van der Waals surface area contributed by atoms with Gasteiger partial charge in [-0.2, -0.15) is 0 Å². The predicted molar refractivity (Wildman–Crippen MR) is 98.5 cm³/mol. The highest BCUT2D eigenvalue weighted by molar-refractivity contribution is 7.98. The van der Waals surface area contributed by atoms with Gasteiger partial charge in [-0.25, -0.2) is 0 Å². The standard InChI is InChI=1S/C19H16N4O2S/c1-12-8-9-15(10-13(12)2)18-22-23-19(25-18)26-11-16-20-21-17(24-16)14-6-4-3-5-7-14/h3-10H,11H2,1-2H3. The largest absolute Gasteiger partial charge is 0.420 e. The number of rotatable bonds is 5. The molecule has 0 fully saturated rings. The monoisotopic (exact) mass is 364 g/mol. The summed E-state index contributed by atoms with van der Waals surface area (Å²) >= 11 is 1.37. The van der Waals surface area contributed by atoms with Crippen LogP contribution < -0.4 is 0 Å². The third-order valence-corrected chi connectivity index (χ3v) is 4.77. The van der Waals surface area contributed by atoms with Crippen molar-refractivity contribution in [2.24, 2.45) is 0 Å². The Bertz CT molecular complexity index is 1030. The molecule has 0 atom stereocenters. The fourth-order valence-electron chi connectivity index (χ4n) is 2.39. The third kappa shape index (κ3) is 3.52. The summed E-state index contributed by atoms with van der Waals surface area (Å²) in [7, 11) is 0. The molecule has 6 nitrogen and oxygen atoms in total. The molecule has 2 heterocycles. The van der Waals surface area contributed by atoms with Crippen molar-refractivity contribution in [2.45, 2.75) is 24.8 Å². The lowest BCUT2D eigenvalue weighted by Crippen LogP contribution is -1.83. The Balaban J connectivity index is 1.44. The summed E-state index contributed by atoms with van der Waals surface area (Å²) in [4.78, 5) is 0. The molecule has 130 valence electrons. The summed E-state index contributed by atoms with van der Waals surface area (Å²) in [5, 5.41) is 16.8. The van der Waals surface area contributed by atoms with Crippen molar-refractivity contribution in [3.8, 4) is 22.9 Å². The van der Waals surface area contributed by atoms with Gasteiger partial charge in [-0.05, 0) is 49.2 Å². The van der Waals surface area contributed by atoms with Gasteiger partial charge in [0.25, 0.3) is 5.22 Å². The topological polar surface area (TPSA) is 77.8 Å². The minimum atomic E-state index is 0.467. The van der Waals surface area contributed by atoms with Gasteiger partial charge in [0.2, 0.25) is 17.7 Å². The highest BCUT2D eigenvalue weighted by Gasteiger charge is 2.13. The zero-order valence-corrected chi connectivity index (χ0v) is 15.2. The molecule has 4 aromatic rings. The second kappa shape index (κ2) is 7.13. The van der Waals surface area contributed by atoms with E-state index < -0.39 is 0 Å². The molecular weight excluding hydrogens is 348 g/mol. The molecule has 0 radical (unpaired) electrons. The molecule has 26 heavy (non-hydrogen) atoms. The fraction of sp³-hybridized carbons (Fsp3) is 0.158. The Morgan fingerprint density at radius 2 is 1.54 bits per heavy atom. The first-order chi connectivity index (χ1) is 12.7. The van der Waals surface area contributed by atoms with Gasteiger partial charge in [0.1, 0.15) is 0 Å². The Morgan fingerprint density at radius 3 is 2.35 bits per heavy atom. The maximum Gasteiger partial charge on any atom is 0.277 e. The molecule has 0 spiro atoms. The van der Waals surface area contributed by atoms with E-state index in [0.29, 0.717) is 28.6 Å². The van der Waals surface area contributed by atoms with Gasteiger partial charge in [-0.1, -0.05) is 36.0 Å². The number of aryl methyl sites for hydroxylation is 2. The molecule has 0 amide bonds. The van der Waals surface area contributed by atoms with Crippen LogP contribution in [-0.2, 0) is 5.75 Å². The van der Waals surface area contributed by atoms with Gasteiger partial charge in [-0.3, -0.25) is 0 Å². The number of nitrogens with zero attached hydrogens (tertiary/aromatic N) is 4. The van der Waals surface area contributed by atoms with Crippen molar-refractivity contribution in [1.29, 1.82) is 0 Å². The molecule has 0 saturated heterocycles. The average Bonchev–Trinajstić information content (AvgIpc) is 3.32. The van der Waals surface area contributed by atoms with Crippen LogP contribution in [0.15, 0.2) is 62.6 Å². The molecular formula is C19H16N4O2S. The Hall–Kier alpha value is -2.93. The first kappa shape index (κ1) is 16.5. The minimum Gasteiger partial charge on any atom is -0.420 e. The minimum absolute atomic E-state index is 0.467. The van der Waals surface area contributed by atoms with Crippen molar-refractivity contribution in [3.63, 3.8) is 0 Å². The van der Waals surface area contributed by atoms with E-state index >= 15 is 0 Å². The van der Waals surface area contributed by atoms with E-state index in [-0.39, 0.29) is 0 Å². The van der Waals surface area contributed by atoms with Crippen molar-refractivity contribution >= 4 is 11.8 Å². The molecule has 0 bridgehead atoms. The lowest BCUT2D eigenvalue weighted by molar-refractivity contribution is 0.464. The van der Waals surface area contributed by atoms with Gasteiger partial charge in [-0.15, -0.1) is 20.4 Å².